The number of nitrogens with zero attached hydrogens (tertiary/aromatic N) is 12. The Kier molecular flexibility index (Phi) is 7.30. The number of amides is 2. The van der Waals surface area contributed by atoms with Crippen LogP contribution >= 0.6 is 0 Å². The summed E-state index contributed by atoms with van der Waals surface area (Å²) in [5, 5.41) is 7.36. The summed E-state index contributed by atoms with van der Waals surface area (Å²) in [4.78, 5) is 45.9. The standard InChI is InChI=1S/C30H33N13O/c1-39-11-13-42(14-12-39)29-34-16-20(17-35-29)23-4-5-24-27(36-23)28-21(18-33-24)19-40(2)30(44)43(28)22-3-6-26(25(15-22)37-38-31)41-9-7-32-8-10-41/h3-6,15-18,32H,7-14,19H2,1-2H3. The van der Waals surface area contributed by atoms with E-state index < -0.39 is 0 Å². The van der Waals surface area contributed by atoms with Gasteiger partial charge in [0, 0.05) is 99.7 Å². The zero-order valence-corrected chi connectivity index (χ0v) is 24.8. The van der Waals surface area contributed by atoms with Crippen LogP contribution in [0.25, 0.3) is 32.7 Å². The molecule has 1 N–H and O–H groups in total. The van der Waals surface area contributed by atoms with Crippen LogP contribution in [0.1, 0.15) is 5.56 Å². The topological polar surface area (TPSA) is 146 Å². The van der Waals surface area contributed by atoms with Crippen molar-refractivity contribution in [3.63, 3.8) is 0 Å². The minimum Gasteiger partial charge on any atom is -0.369 e. The van der Waals surface area contributed by atoms with Crippen LogP contribution in [-0.2, 0) is 6.54 Å². The van der Waals surface area contributed by atoms with E-state index in [1.54, 1.807) is 41.5 Å². The third-order valence-corrected chi connectivity index (χ3v) is 8.46. The molecule has 2 amide bonds. The summed E-state index contributed by atoms with van der Waals surface area (Å²) < 4.78 is 0. The average Bonchev–Trinajstić information content (AvgIpc) is 3.06. The summed E-state index contributed by atoms with van der Waals surface area (Å²) >= 11 is 0. The summed E-state index contributed by atoms with van der Waals surface area (Å²) in [7, 11) is 3.88. The quantitative estimate of drug-likeness (QED) is 0.207. The lowest BCUT2D eigenvalue weighted by molar-refractivity contribution is 0.213. The molecule has 0 spiro atoms. The fraction of sp³-hybridized carbons (Fsp3) is 0.367. The van der Waals surface area contributed by atoms with Gasteiger partial charge in [-0.2, -0.15) is 0 Å². The van der Waals surface area contributed by atoms with Gasteiger partial charge in [-0.05, 0) is 42.9 Å². The van der Waals surface area contributed by atoms with Crippen LogP contribution in [0.5, 0.6) is 0 Å². The third-order valence-electron chi connectivity index (χ3n) is 8.46. The normalized spacial score (nSPS) is 17.5. The van der Waals surface area contributed by atoms with Crippen molar-refractivity contribution in [2.45, 2.75) is 6.54 Å². The number of likely N-dealkylation sites (N-methyl/N-ethyl adjacent to an activating group) is 1. The minimum absolute atomic E-state index is 0.209. The molecule has 0 atom stereocenters. The highest BCUT2D eigenvalue weighted by atomic mass is 16.2. The van der Waals surface area contributed by atoms with Gasteiger partial charge in [-0.25, -0.2) is 19.7 Å². The number of urea groups is 1. The number of azide groups is 1. The average molecular weight is 592 g/mol. The third kappa shape index (κ3) is 5.08. The molecule has 14 heteroatoms. The molecule has 3 aromatic heterocycles. The molecule has 0 unspecified atom stereocenters. The lowest BCUT2D eigenvalue weighted by Gasteiger charge is -2.36. The van der Waals surface area contributed by atoms with Crippen LogP contribution in [0.15, 0.2) is 54.0 Å². The Labute approximate surface area is 254 Å². The van der Waals surface area contributed by atoms with E-state index in [-0.39, 0.29) is 6.03 Å². The van der Waals surface area contributed by atoms with Crippen LogP contribution in [0.4, 0.5) is 33.5 Å². The first-order valence-electron chi connectivity index (χ1n) is 14.7. The highest BCUT2D eigenvalue weighted by molar-refractivity contribution is 6.09. The van der Waals surface area contributed by atoms with E-state index in [0.29, 0.717) is 46.3 Å². The van der Waals surface area contributed by atoms with Crippen molar-refractivity contribution in [1.82, 2.24) is 35.1 Å². The lowest BCUT2D eigenvalue weighted by atomic mass is 10.1. The molecule has 3 aliphatic rings. The number of fused-ring (bicyclic) bond motifs is 3. The van der Waals surface area contributed by atoms with E-state index in [2.05, 4.69) is 52.0 Å². The van der Waals surface area contributed by atoms with Crippen LogP contribution in [0.3, 0.4) is 0 Å². The molecule has 14 nitrogen and oxygen atoms in total. The molecule has 3 aliphatic heterocycles. The smallest absolute Gasteiger partial charge is 0.329 e. The van der Waals surface area contributed by atoms with E-state index in [1.165, 1.54) is 0 Å². The number of benzene rings is 1. The van der Waals surface area contributed by atoms with E-state index in [0.717, 1.165) is 69.2 Å². The van der Waals surface area contributed by atoms with Gasteiger partial charge in [0.1, 0.15) is 5.52 Å². The van der Waals surface area contributed by atoms with Crippen molar-refractivity contribution in [3.8, 4) is 11.3 Å². The van der Waals surface area contributed by atoms with Gasteiger partial charge in [-0.3, -0.25) is 9.88 Å². The molecule has 4 aromatic rings. The maximum atomic E-state index is 13.8. The number of pyridine rings is 2. The maximum absolute atomic E-state index is 13.8. The van der Waals surface area contributed by atoms with Crippen LogP contribution in [0.2, 0.25) is 0 Å². The number of carbonyl (C=O) groups is 1. The molecule has 0 radical (unpaired) electrons. The number of piperazine rings is 2. The van der Waals surface area contributed by atoms with E-state index in [9.17, 15) is 10.3 Å². The zero-order valence-electron chi connectivity index (χ0n) is 24.8. The molecule has 6 heterocycles. The molecule has 0 aliphatic carbocycles. The summed E-state index contributed by atoms with van der Waals surface area (Å²) in [5.74, 6) is 0.710. The Bertz CT molecular complexity index is 1760. The lowest BCUT2D eigenvalue weighted by Crippen LogP contribution is -2.45. The Morgan fingerprint density at radius 1 is 0.909 bits per heavy atom. The van der Waals surface area contributed by atoms with Crippen molar-refractivity contribution in [1.29, 1.82) is 0 Å². The molecular formula is C30H33N13O. The number of aromatic nitrogens is 4. The van der Waals surface area contributed by atoms with Gasteiger partial charge in [0.2, 0.25) is 5.95 Å². The molecule has 0 saturated carbocycles. The van der Waals surface area contributed by atoms with Crippen molar-refractivity contribution in [2.75, 3.05) is 81.2 Å². The summed E-state index contributed by atoms with van der Waals surface area (Å²) in [5.41, 5.74) is 15.5. The van der Waals surface area contributed by atoms with Gasteiger partial charge in [-0.1, -0.05) is 5.11 Å². The number of carbonyl (C=O) groups excluding carboxylic acids is 1. The largest absolute Gasteiger partial charge is 0.369 e. The number of hydrogen-bond donors (Lipinski definition) is 1. The first-order chi connectivity index (χ1) is 21.5. The van der Waals surface area contributed by atoms with Crippen LogP contribution in [-0.4, -0.2) is 102 Å². The Morgan fingerprint density at radius 2 is 1.68 bits per heavy atom. The second-order valence-corrected chi connectivity index (χ2v) is 11.3. The Morgan fingerprint density at radius 3 is 2.43 bits per heavy atom. The highest BCUT2D eigenvalue weighted by Crippen LogP contribution is 2.42. The summed E-state index contributed by atoms with van der Waals surface area (Å²) in [6, 6.07) is 9.20. The highest BCUT2D eigenvalue weighted by Gasteiger charge is 2.33. The molecule has 224 valence electrons. The second kappa shape index (κ2) is 11.6. The van der Waals surface area contributed by atoms with Crippen LogP contribution < -0.4 is 20.0 Å². The van der Waals surface area contributed by atoms with E-state index >= 15 is 0 Å². The zero-order chi connectivity index (χ0) is 30.2. The van der Waals surface area contributed by atoms with Crippen molar-refractivity contribution in [2.24, 2.45) is 5.11 Å². The van der Waals surface area contributed by atoms with Crippen molar-refractivity contribution in [3.05, 3.63) is 64.9 Å². The first kappa shape index (κ1) is 27.8. The molecule has 0 bridgehead atoms. The fourth-order valence-corrected chi connectivity index (χ4v) is 6.02. The van der Waals surface area contributed by atoms with E-state index in [4.69, 9.17) is 4.98 Å². The predicted octanol–water partition coefficient (Wildman–Crippen LogP) is 3.89. The molecular weight excluding hydrogens is 558 g/mol. The van der Waals surface area contributed by atoms with Gasteiger partial charge >= 0.3 is 6.03 Å². The fourth-order valence-electron chi connectivity index (χ4n) is 6.02. The van der Waals surface area contributed by atoms with Gasteiger partial charge in [0.15, 0.2) is 0 Å². The Hall–Kier alpha value is -5.04. The molecule has 44 heavy (non-hydrogen) atoms. The van der Waals surface area contributed by atoms with Gasteiger partial charge < -0.3 is 24.9 Å². The van der Waals surface area contributed by atoms with Gasteiger partial charge in [-0.15, -0.1) is 0 Å². The maximum Gasteiger partial charge on any atom is 0.329 e. The molecule has 2 saturated heterocycles. The number of rotatable bonds is 5. The van der Waals surface area contributed by atoms with Crippen LogP contribution in [0, 0.1) is 0 Å². The monoisotopic (exact) mass is 591 g/mol. The Balaban J connectivity index is 1.29. The summed E-state index contributed by atoms with van der Waals surface area (Å²) in [6.07, 6.45) is 5.40. The molecule has 1 aromatic carbocycles. The number of nitrogens with one attached hydrogen (secondary N) is 1. The minimum atomic E-state index is -0.209. The van der Waals surface area contributed by atoms with E-state index in [1.807, 2.05) is 24.3 Å². The molecule has 2 fully saturated rings. The SMILES string of the molecule is CN1CCN(c2ncc(-c3ccc4ncc5c(c4n3)N(c3ccc(N4CCNCC4)c(N=[N+]=[N-])c3)C(=O)N(C)C5)cn2)CC1. The number of anilines is 4. The number of hydrogen-bond acceptors (Lipinski definition) is 10. The predicted molar refractivity (Wildman–Crippen MR) is 170 cm³/mol. The molecule has 7 rings (SSSR count). The van der Waals surface area contributed by atoms with Gasteiger partial charge in [0.05, 0.1) is 34.8 Å². The summed E-state index contributed by atoms with van der Waals surface area (Å²) in [6.45, 7) is 7.40. The van der Waals surface area contributed by atoms with Crippen molar-refractivity contribution >= 4 is 45.8 Å². The first-order valence-corrected chi connectivity index (χ1v) is 14.7. The van der Waals surface area contributed by atoms with Crippen molar-refractivity contribution < 1.29 is 4.79 Å². The van der Waals surface area contributed by atoms with Gasteiger partial charge in [0.25, 0.3) is 0 Å². The second-order valence-electron chi connectivity index (χ2n) is 11.3.